The number of imidazole rings is 2. The van der Waals surface area contributed by atoms with Gasteiger partial charge in [-0.05, 0) is 19.1 Å². The fraction of sp³-hybridized carbons (Fsp3) is 0.200. The zero-order valence-corrected chi connectivity index (χ0v) is 14.3. The highest BCUT2D eigenvalue weighted by molar-refractivity contribution is 6.10. The normalized spacial score (nSPS) is 11.4. The van der Waals surface area contributed by atoms with Crippen LogP contribution in [0.4, 0.5) is 0 Å². The van der Waals surface area contributed by atoms with Crippen molar-refractivity contribution in [1.82, 2.24) is 14.0 Å². The maximum atomic E-state index is 13.1. The highest BCUT2D eigenvalue weighted by Crippen LogP contribution is 2.25. The predicted octanol–water partition coefficient (Wildman–Crippen LogP) is 3.47. The van der Waals surface area contributed by atoms with E-state index in [9.17, 15) is 4.79 Å². The van der Waals surface area contributed by atoms with Gasteiger partial charge < -0.3 is 9.30 Å². The molecule has 4 rings (SSSR count). The Morgan fingerprint density at radius 2 is 1.72 bits per heavy atom. The largest absolute Gasteiger partial charge is 0.383 e. The second-order valence-electron chi connectivity index (χ2n) is 6.01. The summed E-state index contributed by atoms with van der Waals surface area (Å²) in [5.74, 6) is 0.760. The lowest BCUT2D eigenvalue weighted by molar-refractivity contribution is 0.103. The molecule has 0 saturated carbocycles. The van der Waals surface area contributed by atoms with E-state index in [1.807, 2.05) is 65.9 Å². The zero-order valence-electron chi connectivity index (χ0n) is 14.3. The van der Waals surface area contributed by atoms with Gasteiger partial charge in [-0.2, -0.15) is 0 Å². The van der Waals surface area contributed by atoms with Crippen molar-refractivity contribution in [3.05, 3.63) is 71.5 Å². The monoisotopic (exact) mass is 333 g/mol. The molecule has 0 unspecified atom stereocenters. The molecule has 0 amide bonds. The number of ether oxygens (including phenoxy) is 1. The number of aryl methyl sites for hydroxylation is 1. The highest BCUT2D eigenvalue weighted by Gasteiger charge is 2.23. The van der Waals surface area contributed by atoms with Crippen molar-refractivity contribution in [1.29, 1.82) is 0 Å². The third kappa shape index (κ3) is 2.44. The molecule has 0 bridgehead atoms. The molecule has 2 aromatic carbocycles. The molecule has 4 aromatic rings. The number of carbonyl (C=O) groups excluding carboxylic acids is 1. The standard InChI is InChI=1S/C20H19N3O2/c1-14-18(19(24)15-8-4-3-5-9-15)23-17-11-7-6-10-16(17)22(12-13-25-2)20(23)21-14/h3-11H,12-13H2,1-2H3. The fourth-order valence-corrected chi connectivity index (χ4v) is 3.31. The first-order valence-corrected chi connectivity index (χ1v) is 8.27. The van der Waals surface area contributed by atoms with E-state index in [4.69, 9.17) is 9.72 Å². The number of aromatic nitrogens is 3. The van der Waals surface area contributed by atoms with Crippen LogP contribution in [0.3, 0.4) is 0 Å². The summed E-state index contributed by atoms with van der Waals surface area (Å²) in [6.45, 7) is 3.16. The van der Waals surface area contributed by atoms with Crippen LogP contribution in [0.2, 0.25) is 0 Å². The Morgan fingerprint density at radius 3 is 2.44 bits per heavy atom. The molecule has 0 aliphatic rings. The van der Waals surface area contributed by atoms with Gasteiger partial charge in [0.15, 0.2) is 0 Å². The van der Waals surface area contributed by atoms with Crippen LogP contribution in [0.25, 0.3) is 16.8 Å². The summed E-state index contributed by atoms with van der Waals surface area (Å²) in [4.78, 5) is 17.8. The molecule has 0 N–H and O–H groups in total. The summed E-state index contributed by atoms with van der Waals surface area (Å²) in [5, 5.41) is 0. The van der Waals surface area contributed by atoms with Gasteiger partial charge >= 0.3 is 0 Å². The van der Waals surface area contributed by atoms with E-state index in [0.717, 1.165) is 22.5 Å². The van der Waals surface area contributed by atoms with Gasteiger partial charge in [0.05, 0.1) is 23.3 Å². The van der Waals surface area contributed by atoms with E-state index in [2.05, 4.69) is 4.57 Å². The first-order chi connectivity index (χ1) is 12.2. The van der Waals surface area contributed by atoms with E-state index < -0.39 is 0 Å². The smallest absolute Gasteiger partial charge is 0.215 e. The quantitative estimate of drug-likeness (QED) is 0.525. The van der Waals surface area contributed by atoms with Gasteiger partial charge in [0.2, 0.25) is 11.6 Å². The SMILES string of the molecule is COCCn1c2ccccc2n2c(C(=O)c3ccccc3)c(C)nc12. The average molecular weight is 333 g/mol. The molecule has 0 radical (unpaired) electrons. The number of carbonyl (C=O) groups is 1. The number of benzene rings is 2. The van der Waals surface area contributed by atoms with Gasteiger partial charge in [0.25, 0.3) is 0 Å². The van der Waals surface area contributed by atoms with Crippen LogP contribution < -0.4 is 0 Å². The van der Waals surface area contributed by atoms with Gasteiger partial charge in [-0.3, -0.25) is 9.20 Å². The summed E-state index contributed by atoms with van der Waals surface area (Å²) in [6, 6.07) is 17.4. The summed E-state index contributed by atoms with van der Waals surface area (Å²) in [7, 11) is 1.68. The number of ketones is 1. The molecule has 126 valence electrons. The Bertz CT molecular complexity index is 1060. The molecule has 2 heterocycles. The van der Waals surface area contributed by atoms with E-state index in [-0.39, 0.29) is 5.78 Å². The van der Waals surface area contributed by atoms with Crippen LogP contribution >= 0.6 is 0 Å². The van der Waals surface area contributed by atoms with Crippen LogP contribution in [-0.4, -0.2) is 33.5 Å². The minimum Gasteiger partial charge on any atom is -0.383 e. The molecule has 5 heteroatoms. The van der Waals surface area contributed by atoms with Gasteiger partial charge in [0.1, 0.15) is 5.69 Å². The molecule has 0 fully saturated rings. The van der Waals surface area contributed by atoms with E-state index in [1.54, 1.807) is 7.11 Å². The van der Waals surface area contributed by atoms with E-state index in [0.29, 0.717) is 24.4 Å². The Kier molecular flexibility index (Phi) is 3.86. The third-order valence-electron chi connectivity index (χ3n) is 4.46. The van der Waals surface area contributed by atoms with Crippen molar-refractivity contribution in [2.75, 3.05) is 13.7 Å². The maximum Gasteiger partial charge on any atom is 0.215 e. The average Bonchev–Trinajstić information content (AvgIpc) is 3.13. The van der Waals surface area contributed by atoms with Gasteiger partial charge in [0, 0.05) is 19.2 Å². The fourth-order valence-electron chi connectivity index (χ4n) is 3.31. The van der Waals surface area contributed by atoms with Crippen LogP contribution in [0.15, 0.2) is 54.6 Å². The molecule has 0 aliphatic carbocycles. The van der Waals surface area contributed by atoms with Crippen LogP contribution in [0.5, 0.6) is 0 Å². The lowest BCUT2D eigenvalue weighted by Gasteiger charge is -2.03. The first kappa shape index (κ1) is 15.6. The first-order valence-electron chi connectivity index (χ1n) is 8.27. The summed E-state index contributed by atoms with van der Waals surface area (Å²) >= 11 is 0. The van der Waals surface area contributed by atoms with Crippen molar-refractivity contribution >= 4 is 22.6 Å². The van der Waals surface area contributed by atoms with Crippen LogP contribution in [0.1, 0.15) is 21.7 Å². The second kappa shape index (κ2) is 6.18. The number of methoxy groups -OCH3 is 1. The number of fused-ring (bicyclic) bond motifs is 3. The summed E-state index contributed by atoms with van der Waals surface area (Å²) in [6.07, 6.45) is 0. The number of rotatable bonds is 5. The maximum absolute atomic E-state index is 13.1. The molecule has 2 aromatic heterocycles. The number of nitrogens with zero attached hydrogens (tertiary/aromatic N) is 3. The minimum absolute atomic E-state index is 0.0137. The molecule has 5 nitrogen and oxygen atoms in total. The Morgan fingerprint density at radius 1 is 1.04 bits per heavy atom. The zero-order chi connectivity index (χ0) is 17.4. The van der Waals surface area contributed by atoms with Gasteiger partial charge in [-0.25, -0.2) is 4.98 Å². The van der Waals surface area contributed by atoms with Crippen LogP contribution in [0, 0.1) is 6.92 Å². The second-order valence-corrected chi connectivity index (χ2v) is 6.01. The number of para-hydroxylation sites is 2. The molecule has 25 heavy (non-hydrogen) atoms. The summed E-state index contributed by atoms with van der Waals surface area (Å²) < 4.78 is 9.31. The van der Waals surface area contributed by atoms with Crippen molar-refractivity contribution in [3.8, 4) is 0 Å². The van der Waals surface area contributed by atoms with Gasteiger partial charge in [-0.1, -0.05) is 42.5 Å². The topological polar surface area (TPSA) is 48.5 Å². The highest BCUT2D eigenvalue weighted by atomic mass is 16.5. The van der Waals surface area contributed by atoms with Crippen molar-refractivity contribution < 1.29 is 9.53 Å². The Labute approximate surface area is 145 Å². The molecule has 0 aliphatic heterocycles. The predicted molar refractivity (Wildman–Crippen MR) is 97.2 cm³/mol. The Balaban J connectivity index is 2.00. The lowest BCUT2D eigenvalue weighted by Crippen LogP contribution is -2.06. The molecular formula is C20H19N3O2. The molecule has 0 spiro atoms. The molecule has 0 atom stereocenters. The number of hydrogen-bond acceptors (Lipinski definition) is 3. The van der Waals surface area contributed by atoms with E-state index >= 15 is 0 Å². The minimum atomic E-state index is -0.0137. The third-order valence-corrected chi connectivity index (χ3v) is 4.46. The number of hydrogen-bond donors (Lipinski definition) is 0. The van der Waals surface area contributed by atoms with E-state index in [1.165, 1.54) is 0 Å². The molecule has 0 saturated heterocycles. The van der Waals surface area contributed by atoms with Crippen molar-refractivity contribution in [2.45, 2.75) is 13.5 Å². The van der Waals surface area contributed by atoms with Crippen LogP contribution in [-0.2, 0) is 11.3 Å². The van der Waals surface area contributed by atoms with Gasteiger partial charge in [-0.15, -0.1) is 0 Å². The molecular weight excluding hydrogens is 314 g/mol. The lowest BCUT2D eigenvalue weighted by atomic mass is 10.1. The summed E-state index contributed by atoms with van der Waals surface area (Å²) in [5.41, 5.74) is 4.05. The van der Waals surface area contributed by atoms with Crippen molar-refractivity contribution in [2.24, 2.45) is 0 Å². The Hall–Kier alpha value is -2.92. The van der Waals surface area contributed by atoms with Crippen molar-refractivity contribution in [3.63, 3.8) is 0 Å².